The van der Waals surface area contributed by atoms with Gasteiger partial charge in [-0.1, -0.05) is 38.8 Å². The molecule has 0 fully saturated rings. The van der Waals surface area contributed by atoms with Crippen molar-refractivity contribution in [2.75, 3.05) is 6.54 Å². The molecule has 1 aromatic carbocycles. The van der Waals surface area contributed by atoms with E-state index in [9.17, 15) is 9.59 Å². The minimum atomic E-state index is -0.100. The maximum atomic E-state index is 13.3. The lowest BCUT2D eigenvalue weighted by Crippen LogP contribution is -2.49. The molecule has 1 aromatic rings. The van der Waals surface area contributed by atoms with Crippen LogP contribution in [0.4, 0.5) is 0 Å². The highest BCUT2D eigenvalue weighted by Gasteiger charge is 2.42. The fraction of sp³-hybridized carbons (Fsp3) is 0.619. The Morgan fingerprint density at radius 1 is 1.23 bits per heavy atom. The molecule has 0 aromatic heterocycles. The fourth-order valence-electron chi connectivity index (χ4n) is 4.21. The van der Waals surface area contributed by atoms with Gasteiger partial charge in [-0.3, -0.25) is 9.59 Å². The van der Waals surface area contributed by atoms with Crippen LogP contribution in [0.2, 0.25) is 0 Å². The third kappa shape index (κ3) is 4.44. The van der Waals surface area contributed by atoms with E-state index in [2.05, 4.69) is 24.1 Å². The number of rotatable bonds is 10. The molecule has 3 N–H and O–H groups in total. The number of nitrogens with two attached hydrogens (primary N) is 1. The summed E-state index contributed by atoms with van der Waals surface area (Å²) in [5.74, 6) is 0.0636. The highest BCUT2D eigenvalue weighted by Crippen LogP contribution is 2.38. The van der Waals surface area contributed by atoms with E-state index in [1.54, 1.807) is 0 Å². The minimum absolute atomic E-state index is 0.0647. The molecule has 0 unspecified atom stereocenters. The first-order valence-electron chi connectivity index (χ1n) is 9.85. The highest BCUT2D eigenvalue weighted by molar-refractivity contribution is 5.99. The van der Waals surface area contributed by atoms with Crippen LogP contribution in [0.1, 0.15) is 80.8 Å². The van der Waals surface area contributed by atoms with Crippen LogP contribution in [-0.2, 0) is 17.9 Å². The summed E-state index contributed by atoms with van der Waals surface area (Å²) in [5.41, 5.74) is 8.53. The average Bonchev–Trinajstić information content (AvgIpc) is 2.95. The molecule has 1 aliphatic heterocycles. The second kappa shape index (κ2) is 9.17. The summed E-state index contributed by atoms with van der Waals surface area (Å²) in [6.45, 7) is 7.67. The van der Waals surface area contributed by atoms with Crippen molar-refractivity contribution in [3.8, 4) is 0 Å². The summed E-state index contributed by atoms with van der Waals surface area (Å²) in [7, 11) is 0. The highest BCUT2D eigenvalue weighted by atomic mass is 16.2. The molecule has 0 aliphatic carbocycles. The first-order valence-corrected chi connectivity index (χ1v) is 9.85. The standard InChI is InChI=1S/C21H33N3O2/c1-4-9-21(10-5-2,11-6-12-22)24-15-18-8-7-17(14-23-16(3)25)13-19(18)20(24)26/h7-8,13H,4-6,9-12,14-15,22H2,1-3H3,(H,23,25). The van der Waals surface area contributed by atoms with Gasteiger partial charge in [0, 0.05) is 31.1 Å². The lowest BCUT2D eigenvalue weighted by atomic mass is 9.82. The molecule has 0 bridgehead atoms. The normalized spacial score (nSPS) is 13.8. The second-order valence-corrected chi connectivity index (χ2v) is 7.41. The van der Waals surface area contributed by atoms with Crippen LogP contribution in [0.5, 0.6) is 0 Å². The molecule has 0 saturated carbocycles. The molecule has 26 heavy (non-hydrogen) atoms. The van der Waals surface area contributed by atoms with Gasteiger partial charge < -0.3 is 16.0 Å². The Bertz CT molecular complexity index is 636. The monoisotopic (exact) mass is 359 g/mol. The number of hydrogen-bond acceptors (Lipinski definition) is 3. The molecular weight excluding hydrogens is 326 g/mol. The van der Waals surface area contributed by atoms with Crippen LogP contribution in [0, 0.1) is 0 Å². The van der Waals surface area contributed by atoms with Crippen molar-refractivity contribution in [2.45, 2.75) is 77.9 Å². The summed E-state index contributed by atoms with van der Waals surface area (Å²) in [5, 5.41) is 2.80. The SMILES string of the molecule is CCCC(CCC)(CCCN)N1Cc2ccc(CNC(C)=O)cc2C1=O. The van der Waals surface area contributed by atoms with Crippen LogP contribution in [0.25, 0.3) is 0 Å². The lowest BCUT2D eigenvalue weighted by molar-refractivity contribution is -0.119. The van der Waals surface area contributed by atoms with Crippen LogP contribution in [0.15, 0.2) is 18.2 Å². The van der Waals surface area contributed by atoms with E-state index in [4.69, 9.17) is 5.73 Å². The molecule has 1 aliphatic rings. The van der Waals surface area contributed by atoms with E-state index in [1.165, 1.54) is 6.92 Å². The zero-order valence-corrected chi connectivity index (χ0v) is 16.4. The minimum Gasteiger partial charge on any atom is -0.352 e. The van der Waals surface area contributed by atoms with Gasteiger partial charge in [0.25, 0.3) is 5.91 Å². The maximum absolute atomic E-state index is 13.3. The molecule has 0 atom stereocenters. The van der Waals surface area contributed by atoms with Crippen molar-refractivity contribution < 1.29 is 9.59 Å². The van der Waals surface area contributed by atoms with E-state index < -0.39 is 0 Å². The van der Waals surface area contributed by atoms with Gasteiger partial charge in [-0.05, 0) is 49.4 Å². The zero-order valence-electron chi connectivity index (χ0n) is 16.4. The van der Waals surface area contributed by atoms with E-state index in [-0.39, 0.29) is 17.4 Å². The van der Waals surface area contributed by atoms with Gasteiger partial charge in [0.15, 0.2) is 0 Å². The molecule has 0 spiro atoms. The third-order valence-corrected chi connectivity index (χ3v) is 5.37. The summed E-state index contributed by atoms with van der Waals surface area (Å²) < 4.78 is 0. The van der Waals surface area contributed by atoms with Crippen LogP contribution >= 0.6 is 0 Å². The van der Waals surface area contributed by atoms with Gasteiger partial charge in [-0.2, -0.15) is 0 Å². The molecule has 0 radical (unpaired) electrons. The van der Waals surface area contributed by atoms with Gasteiger partial charge in [0.1, 0.15) is 0 Å². The Kier molecular flexibility index (Phi) is 7.21. The van der Waals surface area contributed by atoms with E-state index >= 15 is 0 Å². The van der Waals surface area contributed by atoms with Gasteiger partial charge in [-0.15, -0.1) is 0 Å². The average molecular weight is 360 g/mol. The quantitative estimate of drug-likeness (QED) is 0.672. The van der Waals surface area contributed by atoms with Crippen molar-refractivity contribution >= 4 is 11.8 Å². The number of amides is 2. The number of fused-ring (bicyclic) bond motifs is 1. The first kappa shape index (κ1) is 20.4. The summed E-state index contributed by atoms with van der Waals surface area (Å²) >= 11 is 0. The second-order valence-electron chi connectivity index (χ2n) is 7.41. The Balaban J connectivity index is 2.28. The number of nitrogens with zero attached hydrogens (tertiary/aromatic N) is 1. The predicted octanol–water partition coefficient (Wildman–Crippen LogP) is 3.36. The van der Waals surface area contributed by atoms with Crippen molar-refractivity contribution in [1.29, 1.82) is 0 Å². The van der Waals surface area contributed by atoms with Crippen molar-refractivity contribution in [3.63, 3.8) is 0 Å². The topological polar surface area (TPSA) is 75.4 Å². The Labute approximate surface area is 157 Å². The van der Waals surface area contributed by atoms with Crippen LogP contribution < -0.4 is 11.1 Å². The van der Waals surface area contributed by atoms with Gasteiger partial charge in [-0.25, -0.2) is 0 Å². The molecule has 0 saturated heterocycles. The summed E-state index contributed by atoms with van der Waals surface area (Å²) in [6.07, 6.45) is 6.03. The fourth-order valence-corrected chi connectivity index (χ4v) is 4.21. The van der Waals surface area contributed by atoms with Crippen molar-refractivity contribution in [3.05, 3.63) is 34.9 Å². The molecule has 5 heteroatoms. The van der Waals surface area contributed by atoms with Crippen molar-refractivity contribution in [2.24, 2.45) is 5.73 Å². The number of nitrogens with one attached hydrogen (secondary N) is 1. The zero-order chi connectivity index (χ0) is 19.2. The number of hydrogen-bond donors (Lipinski definition) is 2. The Morgan fingerprint density at radius 2 is 1.92 bits per heavy atom. The van der Waals surface area contributed by atoms with Crippen molar-refractivity contribution in [1.82, 2.24) is 10.2 Å². The van der Waals surface area contributed by atoms with Crippen LogP contribution in [0.3, 0.4) is 0 Å². The number of carbonyl (C=O) groups is 2. The number of benzene rings is 1. The molecule has 1 heterocycles. The van der Waals surface area contributed by atoms with E-state index in [1.807, 2.05) is 18.2 Å². The molecule has 144 valence electrons. The van der Waals surface area contributed by atoms with Crippen LogP contribution in [-0.4, -0.2) is 28.8 Å². The van der Waals surface area contributed by atoms with E-state index in [0.29, 0.717) is 19.6 Å². The Hall–Kier alpha value is -1.88. The molecule has 5 nitrogen and oxygen atoms in total. The lowest BCUT2D eigenvalue weighted by Gasteiger charge is -2.42. The molecular formula is C21H33N3O2. The largest absolute Gasteiger partial charge is 0.352 e. The van der Waals surface area contributed by atoms with Gasteiger partial charge in [0.2, 0.25) is 5.91 Å². The van der Waals surface area contributed by atoms with Gasteiger partial charge >= 0.3 is 0 Å². The summed E-state index contributed by atoms with van der Waals surface area (Å²) in [6, 6.07) is 5.99. The smallest absolute Gasteiger partial charge is 0.254 e. The number of carbonyl (C=O) groups excluding carboxylic acids is 2. The third-order valence-electron chi connectivity index (χ3n) is 5.37. The molecule has 2 rings (SSSR count). The predicted molar refractivity (Wildman–Crippen MR) is 105 cm³/mol. The maximum Gasteiger partial charge on any atom is 0.254 e. The summed E-state index contributed by atoms with van der Waals surface area (Å²) in [4.78, 5) is 26.5. The van der Waals surface area contributed by atoms with E-state index in [0.717, 1.165) is 55.2 Å². The van der Waals surface area contributed by atoms with Gasteiger partial charge in [0.05, 0.1) is 0 Å². The molecule has 2 amide bonds. The Morgan fingerprint density at radius 3 is 2.50 bits per heavy atom. The first-order chi connectivity index (χ1) is 12.5.